The van der Waals surface area contributed by atoms with Gasteiger partial charge in [0.1, 0.15) is 11.2 Å². The van der Waals surface area contributed by atoms with Crippen LogP contribution in [0, 0.1) is 6.92 Å². The number of nitrogens with one attached hydrogen (secondary N) is 1. The lowest BCUT2D eigenvalue weighted by Crippen LogP contribution is -1.96. The second-order valence-electron chi connectivity index (χ2n) is 3.98. The van der Waals surface area contributed by atoms with Gasteiger partial charge in [0.05, 0.1) is 10.2 Å². The first-order chi connectivity index (χ1) is 8.69. The largest absolute Gasteiger partial charge is 0.441 e. The third-order valence-corrected chi connectivity index (χ3v) is 3.60. The van der Waals surface area contributed by atoms with Crippen molar-refractivity contribution in [2.75, 3.05) is 0 Å². The van der Waals surface area contributed by atoms with Crippen molar-refractivity contribution in [2.45, 2.75) is 13.5 Å². The molecular weight excluding hydrogens is 296 g/mol. The molecule has 2 heterocycles. The van der Waals surface area contributed by atoms with Gasteiger partial charge in [-0.1, -0.05) is 0 Å². The molecule has 3 N–H and O–H groups in total. The van der Waals surface area contributed by atoms with Gasteiger partial charge in [-0.2, -0.15) is 5.10 Å². The van der Waals surface area contributed by atoms with Crippen LogP contribution in [0.1, 0.15) is 11.6 Å². The number of hydrogen-bond donors (Lipinski definition) is 2. The molecule has 0 saturated heterocycles. The molecule has 6 heteroatoms. The molecule has 5 nitrogen and oxygen atoms in total. The topological polar surface area (TPSA) is 80.7 Å². The van der Waals surface area contributed by atoms with Crippen LogP contribution in [-0.2, 0) is 6.54 Å². The summed E-state index contributed by atoms with van der Waals surface area (Å²) in [4.78, 5) is 4.31. The van der Waals surface area contributed by atoms with E-state index in [9.17, 15) is 0 Å². The number of aromatic amines is 1. The van der Waals surface area contributed by atoms with Crippen molar-refractivity contribution in [1.29, 1.82) is 0 Å². The Morgan fingerprint density at radius 2 is 2.28 bits per heavy atom. The van der Waals surface area contributed by atoms with Gasteiger partial charge in [0.15, 0.2) is 11.5 Å². The quantitative estimate of drug-likeness (QED) is 0.763. The highest BCUT2D eigenvalue weighted by molar-refractivity contribution is 9.10. The molecular formula is C12H11BrN4O. The standard InChI is InChI=1S/C12H11BrN4O/c1-6-15-8-4-7(2-3-10(8)18-6)12-11(13)9(5-14)16-17-12/h2-4H,5,14H2,1H3,(H,16,17). The Kier molecular flexibility index (Phi) is 2.68. The maximum atomic E-state index is 5.61. The Labute approximate surface area is 112 Å². The third-order valence-electron chi connectivity index (χ3n) is 2.75. The fourth-order valence-corrected chi connectivity index (χ4v) is 2.45. The normalized spacial score (nSPS) is 11.3. The first-order valence-electron chi connectivity index (χ1n) is 5.49. The van der Waals surface area contributed by atoms with Crippen LogP contribution in [-0.4, -0.2) is 15.2 Å². The lowest BCUT2D eigenvalue weighted by molar-refractivity contribution is 0.561. The Bertz CT molecular complexity index is 716. The molecule has 3 rings (SSSR count). The van der Waals surface area contributed by atoms with Gasteiger partial charge in [-0.05, 0) is 34.1 Å². The second kappa shape index (κ2) is 4.22. The van der Waals surface area contributed by atoms with Crippen LogP contribution >= 0.6 is 15.9 Å². The molecule has 0 atom stereocenters. The van der Waals surface area contributed by atoms with Crippen LogP contribution < -0.4 is 5.73 Å². The van der Waals surface area contributed by atoms with E-state index in [1.807, 2.05) is 25.1 Å². The molecule has 92 valence electrons. The van der Waals surface area contributed by atoms with Crippen LogP contribution in [0.25, 0.3) is 22.4 Å². The van der Waals surface area contributed by atoms with E-state index < -0.39 is 0 Å². The van der Waals surface area contributed by atoms with E-state index >= 15 is 0 Å². The smallest absolute Gasteiger partial charge is 0.192 e. The molecule has 3 aromatic rings. The Morgan fingerprint density at radius 3 is 3.00 bits per heavy atom. The number of nitrogens with zero attached hydrogens (tertiary/aromatic N) is 2. The van der Waals surface area contributed by atoms with E-state index in [0.29, 0.717) is 12.4 Å². The van der Waals surface area contributed by atoms with E-state index in [-0.39, 0.29) is 0 Å². The summed E-state index contributed by atoms with van der Waals surface area (Å²) in [5.41, 5.74) is 9.89. The molecule has 2 aromatic heterocycles. The van der Waals surface area contributed by atoms with Crippen LogP contribution in [0.4, 0.5) is 0 Å². The number of H-pyrrole nitrogens is 1. The average molecular weight is 307 g/mol. The first kappa shape index (κ1) is 11.4. The van der Waals surface area contributed by atoms with Crippen molar-refractivity contribution >= 4 is 27.0 Å². The maximum Gasteiger partial charge on any atom is 0.192 e. The van der Waals surface area contributed by atoms with Gasteiger partial charge in [-0.25, -0.2) is 4.98 Å². The number of rotatable bonds is 2. The minimum Gasteiger partial charge on any atom is -0.441 e. The molecule has 0 bridgehead atoms. The number of hydrogen-bond acceptors (Lipinski definition) is 4. The predicted molar refractivity (Wildman–Crippen MR) is 71.9 cm³/mol. The van der Waals surface area contributed by atoms with E-state index in [1.165, 1.54) is 0 Å². The molecule has 1 aromatic carbocycles. The van der Waals surface area contributed by atoms with Crippen molar-refractivity contribution in [3.05, 3.63) is 34.3 Å². The monoisotopic (exact) mass is 306 g/mol. The van der Waals surface area contributed by atoms with Crippen molar-refractivity contribution < 1.29 is 4.42 Å². The number of nitrogens with two attached hydrogens (primary N) is 1. The molecule has 0 aliphatic rings. The van der Waals surface area contributed by atoms with Gasteiger partial charge in [-0.15, -0.1) is 0 Å². The van der Waals surface area contributed by atoms with Crippen molar-refractivity contribution in [3.8, 4) is 11.3 Å². The highest BCUT2D eigenvalue weighted by Crippen LogP contribution is 2.30. The number of oxazole rings is 1. The van der Waals surface area contributed by atoms with Gasteiger partial charge in [0.25, 0.3) is 0 Å². The molecule has 0 spiro atoms. The highest BCUT2D eigenvalue weighted by atomic mass is 79.9. The molecule has 0 saturated carbocycles. The van der Waals surface area contributed by atoms with E-state index in [2.05, 4.69) is 31.1 Å². The highest BCUT2D eigenvalue weighted by Gasteiger charge is 2.13. The minimum atomic E-state index is 0.416. The Morgan fingerprint density at radius 1 is 1.44 bits per heavy atom. The SMILES string of the molecule is Cc1nc2cc(-c3n[nH]c(CN)c3Br)ccc2o1. The Hall–Kier alpha value is -1.66. The molecule has 0 amide bonds. The molecule has 18 heavy (non-hydrogen) atoms. The zero-order valence-electron chi connectivity index (χ0n) is 9.70. The molecule has 0 aliphatic heterocycles. The number of aryl methyl sites for hydroxylation is 1. The molecule has 0 aliphatic carbocycles. The van der Waals surface area contributed by atoms with Gasteiger partial charge in [0.2, 0.25) is 0 Å². The summed E-state index contributed by atoms with van der Waals surface area (Å²) in [6.07, 6.45) is 0. The Balaban J connectivity index is 2.15. The summed E-state index contributed by atoms with van der Waals surface area (Å²) in [6.45, 7) is 2.25. The van der Waals surface area contributed by atoms with Crippen LogP contribution in [0.3, 0.4) is 0 Å². The lowest BCUT2D eigenvalue weighted by atomic mass is 10.1. The summed E-state index contributed by atoms with van der Waals surface area (Å²) < 4.78 is 6.34. The summed E-state index contributed by atoms with van der Waals surface area (Å²) in [5, 5.41) is 7.17. The second-order valence-corrected chi connectivity index (χ2v) is 4.78. The predicted octanol–water partition coefficient (Wildman–Crippen LogP) is 2.75. The summed E-state index contributed by atoms with van der Waals surface area (Å²) >= 11 is 3.50. The third kappa shape index (κ3) is 1.74. The van der Waals surface area contributed by atoms with E-state index in [0.717, 1.165) is 32.5 Å². The van der Waals surface area contributed by atoms with E-state index in [4.69, 9.17) is 10.2 Å². The zero-order valence-corrected chi connectivity index (χ0v) is 11.3. The summed E-state index contributed by atoms with van der Waals surface area (Å²) in [7, 11) is 0. The molecule has 0 radical (unpaired) electrons. The summed E-state index contributed by atoms with van der Waals surface area (Å²) in [6, 6.07) is 5.80. The van der Waals surface area contributed by atoms with Crippen LogP contribution in [0.15, 0.2) is 27.1 Å². The van der Waals surface area contributed by atoms with Gasteiger partial charge in [-0.3, -0.25) is 5.10 Å². The average Bonchev–Trinajstić information content (AvgIpc) is 2.89. The number of fused-ring (bicyclic) bond motifs is 1. The van der Waals surface area contributed by atoms with Crippen molar-refractivity contribution in [2.24, 2.45) is 5.73 Å². The van der Waals surface area contributed by atoms with Crippen molar-refractivity contribution in [3.63, 3.8) is 0 Å². The van der Waals surface area contributed by atoms with Crippen LogP contribution in [0.2, 0.25) is 0 Å². The minimum absolute atomic E-state index is 0.416. The number of aromatic nitrogens is 3. The van der Waals surface area contributed by atoms with Crippen molar-refractivity contribution in [1.82, 2.24) is 15.2 Å². The fraction of sp³-hybridized carbons (Fsp3) is 0.167. The van der Waals surface area contributed by atoms with Gasteiger partial charge < -0.3 is 10.2 Å². The van der Waals surface area contributed by atoms with E-state index in [1.54, 1.807) is 0 Å². The molecule has 0 fully saturated rings. The fourth-order valence-electron chi connectivity index (χ4n) is 1.88. The maximum absolute atomic E-state index is 5.61. The zero-order chi connectivity index (χ0) is 12.7. The van der Waals surface area contributed by atoms with Gasteiger partial charge in [0, 0.05) is 19.0 Å². The van der Waals surface area contributed by atoms with Crippen LogP contribution in [0.5, 0.6) is 0 Å². The molecule has 0 unspecified atom stereocenters. The lowest BCUT2D eigenvalue weighted by Gasteiger charge is -1.97. The first-order valence-corrected chi connectivity index (χ1v) is 6.28. The number of benzene rings is 1. The van der Waals surface area contributed by atoms with Gasteiger partial charge >= 0.3 is 0 Å². The summed E-state index contributed by atoms with van der Waals surface area (Å²) in [5.74, 6) is 0.658. The number of halogens is 1.